The maximum Gasteiger partial charge on any atom is 0.250 e. The van der Waals surface area contributed by atoms with Crippen LogP contribution in [0.1, 0.15) is 55.0 Å². The molecule has 0 unspecified atom stereocenters. The normalized spacial score (nSPS) is 21.6. The Hall–Kier alpha value is -3.48. The Balaban J connectivity index is 1.46. The third kappa shape index (κ3) is 4.11. The minimum Gasteiger partial charge on any atom is -0.495 e. The summed E-state index contributed by atoms with van der Waals surface area (Å²) in [6.07, 6.45) is 9.72. The largest absolute Gasteiger partial charge is 0.495 e. The zero-order chi connectivity index (χ0) is 23.8. The average Bonchev–Trinajstić information content (AvgIpc) is 3.42. The van der Waals surface area contributed by atoms with Gasteiger partial charge >= 0.3 is 0 Å². The molecule has 5 nitrogen and oxygen atoms in total. The van der Waals surface area contributed by atoms with Crippen molar-refractivity contribution < 1.29 is 18.3 Å². The van der Waals surface area contributed by atoms with Gasteiger partial charge in [0.05, 0.1) is 30.9 Å². The Morgan fingerprint density at radius 1 is 1.09 bits per heavy atom. The SMILES string of the molecule is COc1cc(/C=C2/CCC[C@H]3CC[C@@H](c4ccc(F)c(F)c4)N3C2=O)ccc1-n1cnc(C)c1. The molecule has 7 heteroatoms. The van der Waals surface area contributed by atoms with E-state index in [1.54, 1.807) is 19.5 Å². The van der Waals surface area contributed by atoms with Crippen LogP contribution in [0.25, 0.3) is 11.8 Å². The quantitative estimate of drug-likeness (QED) is 0.462. The number of aryl methyl sites for hydroxylation is 1. The summed E-state index contributed by atoms with van der Waals surface area (Å²) < 4.78 is 34.9. The second-order valence-corrected chi connectivity index (χ2v) is 9.05. The molecule has 0 aliphatic carbocycles. The molecule has 2 aliphatic heterocycles. The first-order valence-electron chi connectivity index (χ1n) is 11.6. The molecule has 1 amide bonds. The number of aromatic nitrogens is 2. The minimum atomic E-state index is -0.876. The Morgan fingerprint density at radius 2 is 1.94 bits per heavy atom. The molecule has 1 aromatic heterocycles. The lowest BCUT2D eigenvalue weighted by Crippen LogP contribution is -2.36. The number of methoxy groups -OCH3 is 1. The maximum absolute atomic E-state index is 13.9. The van der Waals surface area contributed by atoms with Crippen LogP contribution in [0.2, 0.25) is 0 Å². The second kappa shape index (κ2) is 9.05. The van der Waals surface area contributed by atoms with E-state index in [2.05, 4.69) is 4.98 Å². The van der Waals surface area contributed by atoms with Gasteiger partial charge in [-0.05, 0) is 80.5 Å². The van der Waals surface area contributed by atoms with Gasteiger partial charge < -0.3 is 14.2 Å². The van der Waals surface area contributed by atoms with E-state index in [4.69, 9.17) is 4.74 Å². The van der Waals surface area contributed by atoms with Crippen LogP contribution in [0.3, 0.4) is 0 Å². The molecule has 2 aliphatic rings. The Kier molecular flexibility index (Phi) is 5.94. The maximum atomic E-state index is 13.9. The highest BCUT2D eigenvalue weighted by atomic mass is 19.2. The van der Waals surface area contributed by atoms with Crippen LogP contribution in [0, 0.1) is 18.6 Å². The van der Waals surface area contributed by atoms with Crippen molar-refractivity contribution in [2.45, 2.75) is 51.1 Å². The smallest absolute Gasteiger partial charge is 0.250 e. The summed E-state index contributed by atoms with van der Waals surface area (Å²) in [5.41, 5.74) is 4.04. The van der Waals surface area contributed by atoms with Crippen molar-refractivity contribution in [1.82, 2.24) is 14.5 Å². The van der Waals surface area contributed by atoms with Crippen molar-refractivity contribution in [3.63, 3.8) is 0 Å². The zero-order valence-electron chi connectivity index (χ0n) is 19.3. The summed E-state index contributed by atoms with van der Waals surface area (Å²) in [6, 6.07) is 9.69. The summed E-state index contributed by atoms with van der Waals surface area (Å²) in [5, 5.41) is 0. The standard InChI is InChI=1S/C27H27F2N3O2/c1-17-15-31(16-30-17)25-10-6-18(13-26(25)34-2)12-20-4-3-5-21-8-11-24(32(21)27(20)33)19-7-9-22(28)23(29)14-19/h6-7,9-10,12-16,21,24H,3-5,8,11H2,1-2H3/b20-12-/t21-,24-/m0/s1. The number of carbonyl (C=O) groups excluding carboxylic acids is 1. The van der Waals surface area contributed by atoms with Gasteiger partial charge in [-0.15, -0.1) is 0 Å². The van der Waals surface area contributed by atoms with E-state index < -0.39 is 11.6 Å². The van der Waals surface area contributed by atoms with Gasteiger partial charge in [0.2, 0.25) is 0 Å². The molecule has 2 aromatic carbocycles. The average molecular weight is 464 g/mol. The molecule has 3 heterocycles. The number of amides is 1. The summed E-state index contributed by atoms with van der Waals surface area (Å²) in [5.74, 6) is -1.09. The number of rotatable bonds is 4. The van der Waals surface area contributed by atoms with E-state index in [9.17, 15) is 13.6 Å². The molecule has 0 spiro atoms. The highest BCUT2D eigenvalue weighted by Gasteiger charge is 2.40. The molecule has 34 heavy (non-hydrogen) atoms. The molecule has 0 saturated carbocycles. The Labute approximate surface area is 197 Å². The molecule has 2 saturated heterocycles. The fourth-order valence-electron chi connectivity index (χ4n) is 5.21. The van der Waals surface area contributed by atoms with Crippen LogP contribution >= 0.6 is 0 Å². The number of hydrogen-bond donors (Lipinski definition) is 0. The van der Waals surface area contributed by atoms with E-state index in [0.29, 0.717) is 17.7 Å². The molecule has 0 radical (unpaired) electrons. The first-order valence-corrected chi connectivity index (χ1v) is 11.6. The van der Waals surface area contributed by atoms with Crippen LogP contribution in [0.4, 0.5) is 8.78 Å². The molecule has 0 bridgehead atoms. The molecular weight excluding hydrogens is 436 g/mol. The number of ether oxygens (including phenoxy) is 1. The van der Waals surface area contributed by atoms with E-state index in [1.807, 2.05) is 46.9 Å². The van der Waals surface area contributed by atoms with Crippen LogP contribution in [0.15, 0.2) is 54.5 Å². The van der Waals surface area contributed by atoms with Gasteiger partial charge in [-0.3, -0.25) is 4.79 Å². The van der Waals surface area contributed by atoms with Gasteiger partial charge in [0.25, 0.3) is 5.91 Å². The molecule has 176 valence electrons. The fraction of sp³-hybridized carbons (Fsp3) is 0.333. The number of carbonyl (C=O) groups is 1. The lowest BCUT2D eigenvalue weighted by molar-refractivity contribution is -0.129. The molecule has 2 atom stereocenters. The number of fused-ring (bicyclic) bond motifs is 1. The topological polar surface area (TPSA) is 47.4 Å². The minimum absolute atomic E-state index is 0.0250. The molecule has 3 aromatic rings. The van der Waals surface area contributed by atoms with Crippen molar-refractivity contribution in [1.29, 1.82) is 0 Å². The van der Waals surface area contributed by atoms with Crippen LogP contribution in [-0.4, -0.2) is 33.5 Å². The van der Waals surface area contributed by atoms with Crippen molar-refractivity contribution in [2.24, 2.45) is 0 Å². The van der Waals surface area contributed by atoms with Crippen LogP contribution in [-0.2, 0) is 4.79 Å². The van der Waals surface area contributed by atoms with E-state index >= 15 is 0 Å². The third-order valence-electron chi connectivity index (χ3n) is 6.86. The van der Waals surface area contributed by atoms with Crippen molar-refractivity contribution >= 4 is 12.0 Å². The van der Waals surface area contributed by atoms with Crippen molar-refractivity contribution in [3.05, 3.63) is 83.0 Å². The van der Waals surface area contributed by atoms with Crippen molar-refractivity contribution in [2.75, 3.05) is 7.11 Å². The lowest BCUT2D eigenvalue weighted by Gasteiger charge is -2.29. The van der Waals surface area contributed by atoms with E-state index in [-0.39, 0.29) is 18.0 Å². The first-order chi connectivity index (χ1) is 16.4. The zero-order valence-corrected chi connectivity index (χ0v) is 19.3. The number of hydrogen-bond acceptors (Lipinski definition) is 3. The highest BCUT2D eigenvalue weighted by molar-refractivity contribution is 5.98. The molecule has 2 fully saturated rings. The number of nitrogens with zero attached hydrogens (tertiary/aromatic N) is 3. The molecular formula is C27H27F2N3O2. The van der Waals surface area contributed by atoms with Crippen molar-refractivity contribution in [3.8, 4) is 11.4 Å². The predicted octanol–water partition coefficient (Wildman–Crippen LogP) is 5.77. The van der Waals surface area contributed by atoms with E-state index in [0.717, 1.165) is 54.3 Å². The number of imidazole rings is 1. The fourth-order valence-corrected chi connectivity index (χ4v) is 5.21. The number of benzene rings is 2. The second-order valence-electron chi connectivity index (χ2n) is 9.05. The molecule has 5 rings (SSSR count). The molecule has 0 N–H and O–H groups in total. The summed E-state index contributed by atoms with van der Waals surface area (Å²) in [7, 11) is 1.62. The van der Waals surface area contributed by atoms with Crippen LogP contribution in [0.5, 0.6) is 5.75 Å². The Bertz CT molecular complexity index is 1270. The third-order valence-corrected chi connectivity index (χ3v) is 6.86. The van der Waals surface area contributed by atoms with Gasteiger partial charge in [0.15, 0.2) is 11.6 Å². The van der Waals surface area contributed by atoms with Gasteiger partial charge in [-0.1, -0.05) is 12.1 Å². The Morgan fingerprint density at radius 3 is 2.68 bits per heavy atom. The van der Waals surface area contributed by atoms with E-state index in [1.165, 1.54) is 6.07 Å². The summed E-state index contributed by atoms with van der Waals surface area (Å²) in [6.45, 7) is 1.93. The summed E-state index contributed by atoms with van der Waals surface area (Å²) in [4.78, 5) is 19.8. The lowest BCUT2D eigenvalue weighted by atomic mass is 10.0. The summed E-state index contributed by atoms with van der Waals surface area (Å²) >= 11 is 0. The predicted molar refractivity (Wildman–Crippen MR) is 126 cm³/mol. The van der Waals surface area contributed by atoms with Gasteiger partial charge in [-0.25, -0.2) is 13.8 Å². The number of halogens is 2. The van der Waals surface area contributed by atoms with Gasteiger partial charge in [-0.2, -0.15) is 0 Å². The monoisotopic (exact) mass is 463 g/mol. The van der Waals surface area contributed by atoms with Crippen LogP contribution < -0.4 is 4.74 Å². The highest BCUT2D eigenvalue weighted by Crippen LogP contribution is 2.42. The van der Waals surface area contributed by atoms with Gasteiger partial charge in [0, 0.05) is 17.8 Å². The first kappa shape index (κ1) is 22.3. The van der Waals surface area contributed by atoms with Gasteiger partial charge in [0.1, 0.15) is 5.75 Å².